The predicted octanol–water partition coefficient (Wildman–Crippen LogP) is 2.07. The second-order valence-corrected chi connectivity index (χ2v) is 8.43. The van der Waals surface area contributed by atoms with Gasteiger partial charge in [-0.1, -0.05) is 23.5 Å². The van der Waals surface area contributed by atoms with Gasteiger partial charge in [0.15, 0.2) is 5.01 Å². The first-order valence-electron chi connectivity index (χ1n) is 8.74. The molecule has 1 aromatic carbocycles. The molecule has 0 N–H and O–H groups in total. The minimum Gasteiger partial charge on any atom is -0.327 e. The molecule has 6 nitrogen and oxygen atoms in total. The third-order valence-electron chi connectivity index (χ3n) is 5.78. The van der Waals surface area contributed by atoms with Gasteiger partial charge >= 0.3 is 11.8 Å². The summed E-state index contributed by atoms with van der Waals surface area (Å²) in [5.41, 5.74) is 0.372. The van der Waals surface area contributed by atoms with E-state index >= 15 is 0 Å². The average Bonchev–Trinajstić information content (AvgIpc) is 3.00. The van der Waals surface area contributed by atoms with E-state index in [9.17, 15) is 14.0 Å². The van der Waals surface area contributed by atoms with Crippen molar-refractivity contribution in [1.82, 2.24) is 20.0 Å². The first kappa shape index (κ1) is 15.9. The maximum Gasteiger partial charge on any atom is 0.312 e. The van der Waals surface area contributed by atoms with E-state index in [2.05, 4.69) is 10.2 Å². The molecule has 2 amide bonds. The Bertz CT molecular complexity index is 897. The molecule has 3 aliphatic carbocycles. The number of carbonyl (C=O) groups is 2. The first-order valence-corrected chi connectivity index (χ1v) is 9.56. The van der Waals surface area contributed by atoms with Crippen molar-refractivity contribution < 1.29 is 14.0 Å². The van der Waals surface area contributed by atoms with E-state index in [0.717, 1.165) is 25.2 Å². The number of hydrogen-bond acceptors (Lipinski definition) is 5. The lowest BCUT2D eigenvalue weighted by Crippen LogP contribution is -2.73. The summed E-state index contributed by atoms with van der Waals surface area (Å²) in [6.45, 7) is 1.32. The highest BCUT2D eigenvalue weighted by Crippen LogP contribution is 2.60. The molecule has 1 aromatic heterocycles. The fraction of sp³-hybridized carbons (Fsp3) is 0.444. The van der Waals surface area contributed by atoms with Gasteiger partial charge in [-0.2, -0.15) is 0 Å². The Labute approximate surface area is 153 Å². The van der Waals surface area contributed by atoms with Crippen molar-refractivity contribution in [2.45, 2.75) is 31.3 Å². The summed E-state index contributed by atoms with van der Waals surface area (Å²) in [7, 11) is 0. The number of amides is 2. The maximum atomic E-state index is 13.9. The van der Waals surface area contributed by atoms with Gasteiger partial charge in [0.25, 0.3) is 0 Å². The monoisotopic (exact) mass is 372 g/mol. The van der Waals surface area contributed by atoms with Crippen molar-refractivity contribution >= 4 is 23.2 Å². The zero-order chi connectivity index (χ0) is 17.9. The lowest BCUT2D eigenvalue weighted by atomic mass is 9.49. The van der Waals surface area contributed by atoms with Crippen LogP contribution < -0.4 is 0 Å². The number of benzene rings is 1. The molecule has 2 heterocycles. The third-order valence-corrected chi connectivity index (χ3v) is 6.73. The molecular weight excluding hydrogens is 355 g/mol. The molecule has 0 unspecified atom stereocenters. The van der Waals surface area contributed by atoms with Crippen LogP contribution in [-0.4, -0.2) is 50.4 Å². The quantitative estimate of drug-likeness (QED) is 0.771. The molecule has 0 radical (unpaired) electrons. The summed E-state index contributed by atoms with van der Waals surface area (Å²) in [6, 6.07) is 6.39. The van der Waals surface area contributed by atoms with Crippen LogP contribution in [0.15, 0.2) is 24.3 Å². The van der Waals surface area contributed by atoms with Gasteiger partial charge in [-0.05, 0) is 37.3 Å². The van der Waals surface area contributed by atoms with Crippen LogP contribution in [0, 0.1) is 11.7 Å². The van der Waals surface area contributed by atoms with Gasteiger partial charge in [0, 0.05) is 24.2 Å². The molecule has 0 spiro atoms. The van der Waals surface area contributed by atoms with Crippen molar-refractivity contribution in [3.8, 4) is 10.6 Å². The number of nitrogens with zero attached hydrogens (tertiary/aromatic N) is 4. The molecule has 8 heteroatoms. The first-order chi connectivity index (χ1) is 12.6. The van der Waals surface area contributed by atoms with Gasteiger partial charge in [0.2, 0.25) is 0 Å². The van der Waals surface area contributed by atoms with Crippen LogP contribution in [0.25, 0.3) is 10.6 Å². The van der Waals surface area contributed by atoms with Gasteiger partial charge < -0.3 is 9.80 Å². The molecular formula is C18H17FN4O2S. The van der Waals surface area contributed by atoms with Crippen molar-refractivity contribution in [2.75, 3.05) is 13.1 Å². The highest BCUT2D eigenvalue weighted by Gasteiger charge is 2.62. The lowest BCUT2D eigenvalue weighted by Gasteiger charge is -2.66. The molecule has 4 fully saturated rings. The van der Waals surface area contributed by atoms with Crippen molar-refractivity contribution in [3.05, 3.63) is 35.1 Å². The molecule has 4 aliphatic rings. The van der Waals surface area contributed by atoms with E-state index in [1.807, 2.05) is 0 Å². The van der Waals surface area contributed by atoms with E-state index < -0.39 is 11.8 Å². The number of carbonyl (C=O) groups excluding carboxylic acids is 2. The van der Waals surface area contributed by atoms with Crippen molar-refractivity contribution in [2.24, 2.45) is 5.92 Å². The Morgan fingerprint density at radius 2 is 1.88 bits per heavy atom. The van der Waals surface area contributed by atoms with Crippen LogP contribution in [-0.2, 0) is 16.1 Å². The van der Waals surface area contributed by atoms with Gasteiger partial charge in [0.05, 0.1) is 6.54 Å². The van der Waals surface area contributed by atoms with Crippen LogP contribution in [0.2, 0.25) is 0 Å². The molecule has 1 aliphatic heterocycles. The molecule has 1 saturated heterocycles. The summed E-state index contributed by atoms with van der Waals surface area (Å²) in [5, 5.41) is 9.18. The number of aromatic nitrogens is 2. The van der Waals surface area contributed by atoms with E-state index in [4.69, 9.17) is 0 Å². The van der Waals surface area contributed by atoms with Crippen LogP contribution >= 0.6 is 11.3 Å². The third kappa shape index (κ3) is 2.28. The predicted molar refractivity (Wildman–Crippen MR) is 92.5 cm³/mol. The van der Waals surface area contributed by atoms with Crippen LogP contribution in [0.1, 0.15) is 24.3 Å². The largest absolute Gasteiger partial charge is 0.327 e. The normalized spacial score (nSPS) is 27.3. The molecule has 6 rings (SSSR count). The van der Waals surface area contributed by atoms with Gasteiger partial charge in [-0.3, -0.25) is 9.59 Å². The summed E-state index contributed by atoms with van der Waals surface area (Å²) in [4.78, 5) is 28.3. The van der Waals surface area contributed by atoms with Gasteiger partial charge in [0.1, 0.15) is 10.8 Å². The van der Waals surface area contributed by atoms with Crippen molar-refractivity contribution in [3.63, 3.8) is 0 Å². The molecule has 134 valence electrons. The Morgan fingerprint density at radius 1 is 1.12 bits per heavy atom. The maximum absolute atomic E-state index is 13.9. The number of rotatable bonds is 4. The topological polar surface area (TPSA) is 66.4 Å². The summed E-state index contributed by atoms with van der Waals surface area (Å²) >= 11 is 1.25. The Hall–Kier alpha value is -2.35. The van der Waals surface area contributed by atoms with Crippen LogP contribution in [0.4, 0.5) is 4.39 Å². The average molecular weight is 372 g/mol. The molecule has 3 saturated carbocycles. The van der Waals surface area contributed by atoms with E-state index in [0.29, 0.717) is 28.7 Å². The SMILES string of the molecule is O=C1C(=O)N(C23CC(C2)C3)CCN1Cc1nnc(-c2ccccc2F)s1. The Kier molecular flexibility index (Phi) is 3.40. The van der Waals surface area contributed by atoms with E-state index in [1.165, 1.54) is 22.3 Å². The Morgan fingerprint density at radius 3 is 2.58 bits per heavy atom. The number of piperazine rings is 1. The summed E-state index contributed by atoms with van der Waals surface area (Å²) in [5.74, 6) is -0.459. The highest BCUT2D eigenvalue weighted by atomic mass is 32.1. The molecule has 0 atom stereocenters. The fourth-order valence-electron chi connectivity index (χ4n) is 4.27. The van der Waals surface area contributed by atoms with Gasteiger partial charge in [-0.25, -0.2) is 4.39 Å². The minimum absolute atomic E-state index is 0.0236. The molecule has 2 bridgehead atoms. The highest BCUT2D eigenvalue weighted by molar-refractivity contribution is 7.14. The zero-order valence-electron chi connectivity index (χ0n) is 14.0. The molecule has 2 aromatic rings. The number of hydrogen-bond donors (Lipinski definition) is 0. The minimum atomic E-state index is -0.469. The standard InChI is InChI=1S/C18H17FN4O2S/c19-13-4-2-1-3-12(13)15-21-20-14(26-15)10-22-5-6-23(17(25)16(22)24)18-7-11(8-18)9-18/h1-4,11H,5-10H2. The Balaban J connectivity index is 1.29. The second kappa shape index (κ2) is 5.57. The summed E-state index contributed by atoms with van der Waals surface area (Å²) in [6.07, 6.45) is 3.15. The van der Waals surface area contributed by atoms with E-state index in [1.54, 1.807) is 23.1 Å². The fourth-order valence-corrected chi connectivity index (χ4v) is 5.15. The van der Waals surface area contributed by atoms with Crippen molar-refractivity contribution in [1.29, 1.82) is 0 Å². The molecule has 26 heavy (non-hydrogen) atoms. The van der Waals surface area contributed by atoms with E-state index in [-0.39, 0.29) is 17.9 Å². The van der Waals surface area contributed by atoms with Crippen LogP contribution in [0.3, 0.4) is 0 Å². The smallest absolute Gasteiger partial charge is 0.312 e. The van der Waals surface area contributed by atoms with Crippen LogP contribution in [0.5, 0.6) is 0 Å². The second-order valence-electron chi connectivity index (χ2n) is 7.37. The zero-order valence-corrected chi connectivity index (χ0v) is 14.8. The summed E-state index contributed by atoms with van der Waals surface area (Å²) < 4.78 is 13.9. The number of halogens is 1. The lowest BCUT2D eigenvalue weighted by molar-refractivity contribution is -0.186. The van der Waals surface area contributed by atoms with Gasteiger partial charge in [-0.15, -0.1) is 10.2 Å².